The SMILES string of the molecule is C=CN(CCCCOC(=O)NCc1ccc2c(c1)OCO2)c1nc(CC2CC2)nc(NC)c1C. The van der Waals surface area contributed by atoms with Crippen molar-refractivity contribution in [3.05, 3.63) is 47.9 Å². The van der Waals surface area contributed by atoms with Crippen LogP contribution in [0.5, 0.6) is 11.5 Å². The molecule has 9 nitrogen and oxygen atoms in total. The van der Waals surface area contributed by atoms with Crippen LogP contribution in [0.3, 0.4) is 0 Å². The molecular formula is C25H33N5O4. The number of unbranched alkanes of at least 4 members (excludes halogenated alkanes) is 1. The predicted octanol–water partition coefficient (Wildman–Crippen LogP) is 4.16. The van der Waals surface area contributed by atoms with E-state index in [1.807, 2.05) is 37.1 Å². The topological polar surface area (TPSA) is 97.8 Å². The Morgan fingerprint density at radius 3 is 2.85 bits per heavy atom. The van der Waals surface area contributed by atoms with Gasteiger partial charge in [-0.3, -0.25) is 0 Å². The Labute approximate surface area is 200 Å². The minimum absolute atomic E-state index is 0.229. The van der Waals surface area contributed by atoms with Crippen LogP contribution in [0.4, 0.5) is 16.4 Å². The van der Waals surface area contributed by atoms with Gasteiger partial charge in [-0.25, -0.2) is 14.8 Å². The molecular weight excluding hydrogens is 434 g/mol. The van der Waals surface area contributed by atoms with Crippen LogP contribution in [-0.2, 0) is 17.7 Å². The minimum Gasteiger partial charge on any atom is -0.454 e. The van der Waals surface area contributed by atoms with E-state index >= 15 is 0 Å². The number of benzene rings is 1. The molecule has 182 valence electrons. The lowest BCUT2D eigenvalue weighted by Gasteiger charge is -2.23. The Balaban J connectivity index is 1.20. The van der Waals surface area contributed by atoms with Crippen LogP contribution in [0.15, 0.2) is 31.0 Å². The van der Waals surface area contributed by atoms with Gasteiger partial charge in [0.1, 0.15) is 17.5 Å². The number of carbonyl (C=O) groups is 1. The van der Waals surface area contributed by atoms with Crippen molar-refractivity contribution >= 4 is 17.7 Å². The van der Waals surface area contributed by atoms with Gasteiger partial charge in [-0.15, -0.1) is 0 Å². The molecule has 34 heavy (non-hydrogen) atoms. The van der Waals surface area contributed by atoms with Gasteiger partial charge in [0.15, 0.2) is 11.5 Å². The van der Waals surface area contributed by atoms with Crippen LogP contribution in [0, 0.1) is 12.8 Å². The van der Waals surface area contributed by atoms with Crippen LogP contribution in [-0.4, -0.2) is 43.1 Å². The number of hydrogen-bond donors (Lipinski definition) is 2. The Bertz CT molecular complexity index is 1020. The molecule has 0 bridgehead atoms. The van der Waals surface area contributed by atoms with Crippen molar-refractivity contribution in [2.45, 2.75) is 45.6 Å². The molecule has 9 heteroatoms. The highest BCUT2D eigenvalue weighted by molar-refractivity contribution is 5.67. The summed E-state index contributed by atoms with van der Waals surface area (Å²) >= 11 is 0. The van der Waals surface area contributed by atoms with Gasteiger partial charge in [-0.1, -0.05) is 12.6 Å². The first-order valence-corrected chi connectivity index (χ1v) is 11.8. The first kappa shape index (κ1) is 23.7. The summed E-state index contributed by atoms with van der Waals surface area (Å²) in [6.07, 6.45) is 6.37. The molecule has 2 heterocycles. The zero-order chi connectivity index (χ0) is 23.9. The Hall–Kier alpha value is -3.49. The van der Waals surface area contributed by atoms with Crippen LogP contribution in [0.25, 0.3) is 0 Å². The Morgan fingerprint density at radius 2 is 2.09 bits per heavy atom. The van der Waals surface area contributed by atoms with Crippen molar-refractivity contribution in [1.82, 2.24) is 15.3 Å². The fourth-order valence-electron chi connectivity index (χ4n) is 3.85. The van der Waals surface area contributed by atoms with E-state index < -0.39 is 6.09 Å². The van der Waals surface area contributed by atoms with Gasteiger partial charge < -0.3 is 29.7 Å². The standard InChI is InChI=1S/C25H33N5O4/c1-4-30(24-17(2)23(26-3)28-22(29-24)14-18-7-8-18)11-5-6-12-32-25(31)27-15-19-9-10-20-21(13-19)34-16-33-20/h4,9-10,13,18H,1,5-8,11-12,14-16H2,2-3H3,(H,27,31)(H,26,28,29). The monoisotopic (exact) mass is 467 g/mol. The molecule has 1 amide bonds. The van der Waals surface area contributed by atoms with Gasteiger partial charge in [0.25, 0.3) is 0 Å². The van der Waals surface area contributed by atoms with Crippen molar-refractivity contribution < 1.29 is 19.0 Å². The normalized spacial score (nSPS) is 13.9. The zero-order valence-corrected chi connectivity index (χ0v) is 19.9. The third kappa shape index (κ3) is 6.09. The lowest BCUT2D eigenvalue weighted by atomic mass is 10.2. The number of aromatic nitrogens is 2. The quantitative estimate of drug-likeness (QED) is 0.449. The van der Waals surface area contributed by atoms with Gasteiger partial charge in [0.2, 0.25) is 6.79 Å². The number of amides is 1. The van der Waals surface area contributed by atoms with Crippen LogP contribution in [0.1, 0.15) is 42.6 Å². The molecule has 0 saturated heterocycles. The van der Waals surface area contributed by atoms with E-state index in [1.54, 1.807) is 6.20 Å². The third-order valence-electron chi connectivity index (χ3n) is 5.96. The van der Waals surface area contributed by atoms with E-state index in [4.69, 9.17) is 19.2 Å². The number of nitrogens with zero attached hydrogens (tertiary/aromatic N) is 3. The van der Waals surface area contributed by atoms with Crippen molar-refractivity contribution in [1.29, 1.82) is 0 Å². The molecule has 2 aromatic rings. The van der Waals surface area contributed by atoms with E-state index in [0.717, 1.165) is 60.1 Å². The summed E-state index contributed by atoms with van der Waals surface area (Å²) in [5.41, 5.74) is 1.92. The summed E-state index contributed by atoms with van der Waals surface area (Å²) < 4.78 is 16.0. The number of rotatable bonds is 12. The second-order valence-corrected chi connectivity index (χ2v) is 8.59. The Morgan fingerprint density at radius 1 is 1.26 bits per heavy atom. The molecule has 0 spiro atoms. The molecule has 1 aliphatic heterocycles. The van der Waals surface area contributed by atoms with Crippen LogP contribution < -0.4 is 25.0 Å². The van der Waals surface area contributed by atoms with E-state index in [1.165, 1.54) is 12.8 Å². The van der Waals surface area contributed by atoms with Crippen molar-refractivity contribution in [3.8, 4) is 11.5 Å². The van der Waals surface area contributed by atoms with E-state index in [2.05, 4.69) is 22.2 Å². The summed E-state index contributed by atoms with van der Waals surface area (Å²) in [7, 11) is 1.88. The van der Waals surface area contributed by atoms with Gasteiger partial charge in [0, 0.05) is 32.1 Å². The number of carbonyl (C=O) groups excluding carboxylic acids is 1. The number of alkyl carbamates (subject to hydrolysis) is 1. The molecule has 1 fully saturated rings. The summed E-state index contributed by atoms with van der Waals surface area (Å²) in [5.74, 6) is 4.74. The van der Waals surface area contributed by atoms with Crippen molar-refractivity contribution in [2.75, 3.05) is 37.2 Å². The average molecular weight is 468 g/mol. The Kier molecular flexibility index (Phi) is 7.72. The molecule has 2 N–H and O–H groups in total. The lowest BCUT2D eigenvalue weighted by molar-refractivity contribution is 0.143. The zero-order valence-electron chi connectivity index (χ0n) is 19.9. The van der Waals surface area contributed by atoms with Gasteiger partial charge in [-0.2, -0.15) is 0 Å². The summed E-state index contributed by atoms with van der Waals surface area (Å²) in [4.78, 5) is 23.6. The summed E-state index contributed by atoms with van der Waals surface area (Å²) in [6.45, 7) is 7.66. The average Bonchev–Trinajstić information content (AvgIpc) is 3.54. The number of ether oxygens (including phenoxy) is 3. The van der Waals surface area contributed by atoms with E-state index in [-0.39, 0.29) is 6.79 Å². The lowest BCUT2D eigenvalue weighted by Crippen LogP contribution is -2.25. The molecule has 1 saturated carbocycles. The van der Waals surface area contributed by atoms with Crippen LogP contribution >= 0.6 is 0 Å². The number of anilines is 2. The summed E-state index contributed by atoms with van der Waals surface area (Å²) in [5, 5.41) is 5.95. The van der Waals surface area contributed by atoms with Crippen LogP contribution in [0.2, 0.25) is 0 Å². The van der Waals surface area contributed by atoms with Gasteiger partial charge in [0.05, 0.1) is 6.61 Å². The van der Waals surface area contributed by atoms with Crippen molar-refractivity contribution in [2.24, 2.45) is 5.92 Å². The molecule has 1 aromatic heterocycles. The molecule has 2 aliphatic rings. The molecule has 1 aliphatic carbocycles. The highest BCUT2D eigenvalue weighted by atomic mass is 16.7. The number of fused-ring (bicyclic) bond motifs is 1. The highest BCUT2D eigenvalue weighted by Crippen LogP contribution is 2.34. The fraction of sp³-hybridized carbons (Fsp3) is 0.480. The predicted molar refractivity (Wildman–Crippen MR) is 130 cm³/mol. The second-order valence-electron chi connectivity index (χ2n) is 8.59. The second kappa shape index (κ2) is 11.1. The third-order valence-corrected chi connectivity index (χ3v) is 5.96. The maximum atomic E-state index is 12.0. The minimum atomic E-state index is -0.437. The van der Waals surface area contributed by atoms with E-state index in [9.17, 15) is 4.79 Å². The fourth-order valence-corrected chi connectivity index (χ4v) is 3.85. The maximum absolute atomic E-state index is 12.0. The first-order valence-electron chi connectivity index (χ1n) is 11.8. The van der Waals surface area contributed by atoms with Gasteiger partial charge in [-0.05, 0) is 62.4 Å². The maximum Gasteiger partial charge on any atom is 0.407 e. The van der Waals surface area contributed by atoms with E-state index in [0.29, 0.717) is 24.8 Å². The molecule has 0 unspecified atom stereocenters. The number of nitrogens with one attached hydrogen (secondary N) is 2. The summed E-state index contributed by atoms with van der Waals surface area (Å²) in [6, 6.07) is 5.59. The largest absolute Gasteiger partial charge is 0.454 e. The molecule has 4 rings (SSSR count). The number of hydrogen-bond acceptors (Lipinski definition) is 8. The first-order chi connectivity index (χ1) is 16.6. The molecule has 0 radical (unpaired) electrons. The highest BCUT2D eigenvalue weighted by Gasteiger charge is 2.24. The molecule has 1 aromatic carbocycles. The molecule has 0 atom stereocenters. The van der Waals surface area contributed by atoms with Crippen molar-refractivity contribution in [3.63, 3.8) is 0 Å². The van der Waals surface area contributed by atoms with Gasteiger partial charge >= 0.3 is 6.09 Å². The smallest absolute Gasteiger partial charge is 0.407 e.